The van der Waals surface area contributed by atoms with E-state index < -0.39 is 9.84 Å². The third-order valence-electron chi connectivity index (χ3n) is 6.02. The lowest BCUT2D eigenvalue weighted by molar-refractivity contribution is 0.313. The Hall–Kier alpha value is -2.72. The van der Waals surface area contributed by atoms with Crippen LogP contribution in [0.2, 0.25) is 0 Å². The molecule has 7 heteroatoms. The normalized spacial score (nSPS) is 15.8. The van der Waals surface area contributed by atoms with Crippen LogP contribution in [0.15, 0.2) is 46.3 Å². The van der Waals surface area contributed by atoms with Gasteiger partial charge >= 0.3 is 0 Å². The molecule has 3 aromatic rings. The highest BCUT2D eigenvalue weighted by molar-refractivity contribution is 7.91. The summed E-state index contributed by atoms with van der Waals surface area (Å²) in [5, 5.41) is 9.06. The molecule has 1 aliphatic rings. The number of nitrogens with zero attached hydrogens (tertiary/aromatic N) is 4. The fourth-order valence-corrected chi connectivity index (χ4v) is 5.73. The van der Waals surface area contributed by atoms with Crippen molar-refractivity contribution in [1.82, 2.24) is 14.5 Å². The zero-order valence-corrected chi connectivity index (χ0v) is 19.1. The lowest BCUT2D eigenvalue weighted by atomic mass is 9.88. The molecule has 4 rings (SSSR count). The highest BCUT2D eigenvalue weighted by Gasteiger charge is 2.27. The maximum atomic E-state index is 13.2. The summed E-state index contributed by atoms with van der Waals surface area (Å²) in [4.78, 5) is 9.00. The average Bonchev–Trinajstić information content (AvgIpc) is 3.12. The van der Waals surface area contributed by atoms with E-state index in [9.17, 15) is 8.42 Å². The Balaban J connectivity index is 1.79. The van der Waals surface area contributed by atoms with Gasteiger partial charge in [-0.1, -0.05) is 40.0 Å². The van der Waals surface area contributed by atoms with Crippen molar-refractivity contribution in [2.75, 3.05) is 0 Å². The van der Waals surface area contributed by atoms with E-state index in [1.54, 1.807) is 12.1 Å². The van der Waals surface area contributed by atoms with Gasteiger partial charge in [0.1, 0.15) is 17.6 Å². The highest BCUT2D eigenvalue weighted by atomic mass is 32.2. The number of rotatable bonds is 4. The molecular weight excluding hydrogens is 408 g/mol. The van der Waals surface area contributed by atoms with Crippen molar-refractivity contribution in [2.24, 2.45) is 5.92 Å². The van der Waals surface area contributed by atoms with E-state index in [2.05, 4.69) is 30.3 Å². The fourth-order valence-electron chi connectivity index (χ4n) is 4.44. The van der Waals surface area contributed by atoms with Crippen LogP contribution in [0.3, 0.4) is 0 Å². The minimum absolute atomic E-state index is 0.0658. The molecule has 1 aromatic carbocycles. The number of benzene rings is 1. The van der Waals surface area contributed by atoms with Crippen molar-refractivity contribution >= 4 is 20.9 Å². The summed E-state index contributed by atoms with van der Waals surface area (Å²) in [6.07, 6.45) is 7.69. The van der Waals surface area contributed by atoms with Crippen molar-refractivity contribution in [3.05, 3.63) is 48.0 Å². The zero-order valence-electron chi connectivity index (χ0n) is 18.3. The quantitative estimate of drug-likeness (QED) is 0.573. The Labute approximate surface area is 183 Å². The third kappa shape index (κ3) is 4.22. The van der Waals surface area contributed by atoms with Crippen molar-refractivity contribution in [1.29, 1.82) is 5.26 Å². The topological polar surface area (TPSA) is 88.6 Å². The van der Waals surface area contributed by atoms with Gasteiger partial charge in [-0.2, -0.15) is 5.26 Å². The van der Waals surface area contributed by atoms with Gasteiger partial charge in [0.2, 0.25) is 9.84 Å². The Kier molecular flexibility index (Phi) is 5.61. The van der Waals surface area contributed by atoms with Crippen LogP contribution in [0.4, 0.5) is 0 Å². The van der Waals surface area contributed by atoms with Crippen LogP contribution >= 0.6 is 0 Å². The van der Waals surface area contributed by atoms with Gasteiger partial charge in [0.05, 0.1) is 20.8 Å². The van der Waals surface area contributed by atoms with E-state index in [-0.39, 0.29) is 20.9 Å². The molecule has 162 valence electrons. The molecule has 1 aliphatic carbocycles. The summed E-state index contributed by atoms with van der Waals surface area (Å²) in [6, 6.07) is 9.80. The minimum Gasteiger partial charge on any atom is -0.327 e. The second kappa shape index (κ2) is 8.08. The first-order chi connectivity index (χ1) is 14.7. The number of nitriles is 1. The highest BCUT2D eigenvalue weighted by Crippen LogP contribution is 2.33. The Morgan fingerprint density at radius 3 is 2.48 bits per heavy atom. The molecule has 0 amide bonds. The standard InChI is InChI=1S/C24H28N4O2S/c1-24(2,3)23-27-21-14-19(31(29,30)20-11-12-26-18(13-20)15-25)9-10-22(21)28(23)16-17-7-5-4-6-8-17/h9-14,17H,4-8,16H2,1-3H3. The number of sulfone groups is 1. The summed E-state index contributed by atoms with van der Waals surface area (Å²) >= 11 is 0. The van der Waals surface area contributed by atoms with Crippen LogP contribution in [0.5, 0.6) is 0 Å². The van der Waals surface area contributed by atoms with E-state index in [1.165, 1.54) is 50.4 Å². The van der Waals surface area contributed by atoms with Crippen LogP contribution in [0.1, 0.15) is 64.4 Å². The number of pyridine rings is 1. The predicted molar refractivity (Wildman–Crippen MR) is 119 cm³/mol. The molecule has 0 N–H and O–H groups in total. The van der Waals surface area contributed by atoms with Gasteiger partial charge < -0.3 is 4.57 Å². The molecule has 0 aliphatic heterocycles. The first kappa shape index (κ1) is 21.5. The van der Waals surface area contributed by atoms with E-state index in [1.807, 2.05) is 12.1 Å². The van der Waals surface area contributed by atoms with Crippen LogP contribution in [0.25, 0.3) is 11.0 Å². The van der Waals surface area contributed by atoms with Crippen molar-refractivity contribution < 1.29 is 8.42 Å². The van der Waals surface area contributed by atoms with Gasteiger partial charge in [0, 0.05) is 18.2 Å². The van der Waals surface area contributed by atoms with Gasteiger partial charge in [0.15, 0.2) is 0 Å². The maximum Gasteiger partial charge on any atom is 0.206 e. The summed E-state index contributed by atoms with van der Waals surface area (Å²) in [5.74, 6) is 1.62. The van der Waals surface area contributed by atoms with Crippen LogP contribution in [0, 0.1) is 17.2 Å². The number of fused-ring (bicyclic) bond motifs is 1. The molecule has 0 unspecified atom stereocenters. The average molecular weight is 437 g/mol. The van der Waals surface area contributed by atoms with Crippen molar-refractivity contribution in [3.8, 4) is 6.07 Å². The minimum atomic E-state index is -3.77. The van der Waals surface area contributed by atoms with E-state index in [0.29, 0.717) is 11.4 Å². The zero-order chi connectivity index (χ0) is 22.2. The largest absolute Gasteiger partial charge is 0.327 e. The van der Waals surface area contributed by atoms with Crippen LogP contribution in [-0.4, -0.2) is 23.0 Å². The summed E-state index contributed by atoms with van der Waals surface area (Å²) in [7, 11) is -3.77. The molecule has 1 fully saturated rings. The van der Waals surface area contributed by atoms with Crippen LogP contribution in [-0.2, 0) is 21.8 Å². The van der Waals surface area contributed by atoms with Crippen molar-refractivity contribution in [3.63, 3.8) is 0 Å². The molecule has 0 atom stereocenters. The Morgan fingerprint density at radius 2 is 1.81 bits per heavy atom. The lowest BCUT2D eigenvalue weighted by Gasteiger charge is -2.26. The Morgan fingerprint density at radius 1 is 1.10 bits per heavy atom. The molecule has 0 spiro atoms. The fraction of sp³-hybridized carbons (Fsp3) is 0.458. The second-order valence-electron chi connectivity index (χ2n) is 9.44. The Bertz CT molecular complexity index is 1260. The number of aromatic nitrogens is 3. The molecule has 6 nitrogen and oxygen atoms in total. The number of hydrogen-bond acceptors (Lipinski definition) is 5. The molecule has 0 radical (unpaired) electrons. The summed E-state index contributed by atoms with van der Waals surface area (Å²) < 4.78 is 28.7. The van der Waals surface area contributed by atoms with Gasteiger partial charge in [-0.15, -0.1) is 0 Å². The van der Waals surface area contributed by atoms with Gasteiger partial charge in [-0.25, -0.2) is 18.4 Å². The summed E-state index contributed by atoms with van der Waals surface area (Å²) in [5.41, 5.74) is 1.59. The molecule has 31 heavy (non-hydrogen) atoms. The smallest absolute Gasteiger partial charge is 0.206 e. The SMILES string of the molecule is CC(C)(C)c1nc2cc(S(=O)(=O)c3ccnc(C#N)c3)ccc2n1CC1CCCCC1. The second-order valence-corrected chi connectivity index (χ2v) is 11.4. The molecular formula is C24H28N4O2S. The first-order valence-electron chi connectivity index (χ1n) is 10.8. The maximum absolute atomic E-state index is 13.2. The van der Waals surface area contributed by atoms with Gasteiger partial charge in [-0.3, -0.25) is 0 Å². The van der Waals surface area contributed by atoms with Crippen LogP contribution < -0.4 is 0 Å². The molecule has 2 heterocycles. The van der Waals surface area contributed by atoms with E-state index >= 15 is 0 Å². The number of hydrogen-bond donors (Lipinski definition) is 0. The first-order valence-corrected chi connectivity index (χ1v) is 12.3. The van der Waals surface area contributed by atoms with E-state index in [0.717, 1.165) is 17.9 Å². The lowest BCUT2D eigenvalue weighted by Crippen LogP contribution is -2.22. The monoisotopic (exact) mass is 436 g/mol. The molecule has 0 saturated heterocycles. The van der Waals surface area contributed by atoms with Gasteiger partial charge in [0.25, 0.3) is 0 Å². The molecule has 0 bridgehead atoms. The van der Waals surface area contributed by atoms with E-state index in [4.69, 9.17) is 10.2 Å². The molecule has 1 saturated carbocycles. The third-order valence-corrected chi connectivity index (χ3v) is 7.77. The van der Waals surface area contributed by atoms with Gasteiger partial charge in [-0.05, 0) is 49.1 Å². The van der Waals surface area contributed by atoms with Crippen molar-refractivity contribution in [2.45, 2.75) is 74.6 Å². The molecule has 2 aromatic heterocycles. The summed E-state index contributed by atoms with van der Waals surface area (Å²) in [6.45, 7) is 7.35. The number of imidazole rings is 1. The predicted octanol–water partition coefficient (Wildman–Crippen LogP) is 5.01.